The van der Waals surface area contributed by atoms with Crippen molar-refractivity contribution in [2.45, 2.75) is 0 Å². The Bertz CT molecular complexity index is 665. The van der Waals surface area contributed by atoms with Gasteiger partial charge in [-0.2, -0.15) is 0 Å². The highest BCUT2D eigenvalue weighted by Crippen LogP contribution is 2.31. The van der Waals surface area contributed by atoms with Gasteiger partial charge in [-0.25, -0.2) is 0 Å². The molecule has 2 aromatic heterocycles. The third kappa shape index (κ3) is 2.13. The van der Waals surface area contributed by atoms with Crippen LogP contribution in [0, 0.1) is 0 Å². The second-order valence-corrected chi connectivity index (χ2v) is 5.47. The van der Waals surface area contributed by atoms with Crippen LogP contribution in [0.2, 0.25) is 0 Å². The van der Waals surface area contributed by atoms with Gasteiger partial charge in [0.25, 0.3) is 5.19 Å². The summed E-state index contributed by atoms with van der Waals surface area (Å²) in [6, 6.07) is 9.58. The fourth-order valence-corrected chi connectivity index (χ4v) is 2.43. The van der Waals surface area contributed by atoms with Crippen molar-refractivity contribution in [3.05, 3.63) is 40.4 Å². The van der Waals surface area contributed by atoms with Gasteiger partial charge in [0.2, 0.25) is 0 Å². The van der Waals surface area contributed by atoms with Gasteiger partial charge in [-0.3, -0.25) is 4.98 Å². The summed E-state index contributed by atoms with van der Waals surface area (Å²) in [5, 5.41) is 9.20. The lowest BCUT2D eigenvalue weighted by molar-refractivity contribution is 0.478. The van der Waals surface area contributed by atoms with E-state index in [0.29, 0.717) is 9.11 Å². The van der Waals surface area contributed by atoms with Crippen LogP contribution >= 0.6 is 27.3 Å². The van der Waals surface area contributed by atoms with Gasteiger partial charge in [0.1, 0.15) is 5.75 Å². The second-order valence-electron chi connectivity index (χ2n) is 3.25. The van der Waals surface area contributed by atoms with Gasteiger partial charge in [-0.15, -0.1) is 5.10 Å². The second kappa shape index (κ2) is 4.38. The Morgan fingerprint density at radius 2 is 2.06 bits per heavy atom. The fraction of sp³-hybridized carbons (Fsp3) is 0. The molecule has 0 unspecified atom stereocenters. The summed E-state index contributed by atoms with van der Waals surface area (Å²) in [5.41, 5.74) is 0.897. The van der Waals surface area contributed by atoms with Crippen LogP contribution in [0.15, 0.2) is 40.4 Å². The Labute approximate surface area is 109 Å². The predicted molar refractivity (Wildman–Crippen MR) is 69.4 cm³/mol. The van der Waals surface area contributed by atoms with E-state index in [4.69, 9.17) is 4.74 Å². The van der Waals surface area contributed by atoms with Crippen molar-refractivity contribution in [3.8, 4) is 10.9 Å². The first-order valence-electron chi connectivity index (χ1n) is 4.83. The summed E-state index contributed by atoms with van der Waals surface area (Å²) in [5.74, 6) is 0.735. The monoisotopic (exact) mass is 307 g/mol. The molecule has 4 nitrogen and oxygen atoms in total. The number of fused-ring (bicyclic) bond motifs is 1. The topological polar surface area (TPSA) is 47.9 Å². The summed E-state index contributed by atoms with van der Waals surface area (Å²) in [7, 11) is 0. The van der Waals surface area contributed by atoms with E-state index in [2.05, 4.69) is 31.1 Å². The Hall–Kier alpha value is -1.53. The van der Waals surface area contributed by atoms with E-state index in [1.54, 1.807) is 6.20 Å². The predicted octanol–water partition coefficient (Wildman–Crippen LogP) is 3.64. The third-order valence-electron chi connectivity index (χ3n) is 2.18. The Kier molecular flexibility index (Phi) is 2.74. The van der Waals surface area contributed by atoms with Crippen LogP contribution in [0.1, 0.15) is 0 Å². The van der Waals surface area contributed by atoms with Crippen molar-refractivity contribution in [1.82, 2.24) is 15.2 Å². The highest BCUT2D eigenvalue weighted by atomic mass is 79.9. The number of benzene rings is 1. The average molecular weight is 308 g/mol. The van der Waals surface area contributed by atoms with Gasteiger partial charge in [0.05, 0.1) is 5.52 Å². The van der Waals surface area contributed by atoms with Crippen LogP contribution in [0.25, 0.3) is 10.9 Å². The van der Waals surface area contributed by atoms with Crippen molar-refractivity contribution in [2.75, 3.05) is 0 Å². The van der Waals surface area contributed by atoms with E-state index in [-0.39, 0.29) is 0 Å². The van der Waals surface area contributed by atoms with Crippen molar-refractivity contribution in [3.63, 3.8) is 0 Å². The first-order chi connectivity index (χ1) is 8.33. The summed E-state index contributed by atoms with van der Waals surface area (Å²) in [6.45, 7) is 0. The lowest BCUT2D eigenvalue weighted by atomic mass is 10.2. The number of hydrogen-bond donors (Lipinski definition) is 0. The zero-order chi connectivity index (χ0) is 11.7. The fourth-order valence-electron chi connectivity index (χ4n) is 1.49. The molecule has 84 valence electrons. The molecule has 1 aromatic carbocycles. The molecular formula is C11H6BrN3OS. The molecule has 17 heavy (non-hydrogen) atoms. The SMILES string of the molecule is Brc1nnc(Oc2cccc3ncccc23)s1. The molecule has 3 aromatic rings. The largest absolute Gasteiger partial charge is 0.429 e. The maximum absolute atomic E-state index is 5.69. The molecule has 0 radical (unpaired) electrons. The Morgan fingerprint density at radius 1 is 1.12 bits per heavy atom. The zero-order valence-electron chi connectivity index (χ0n) is 8.50. The number of rotatable bonds is 2. The smallest absolute Gasteiger partial charge is 0.300 e. The van der Waals surface area contributed by atoms with Crippen LogP contribution in [-0.2, 0) is 0 Å². The zero-order valence-corrected chi connectivity index (χ0v) is 10.9. The van der Waals surface area contributed by atoms with Gasteiger partial charge in [-0.05, 0) is 51.5 Å². The highest BCUT2D eigenvalue weighted by Gasteiger charge is 2.07. The Morgan fingerprint density at radius 3 is 2.88 bits per heavy atom. The molecule has 0 spiro atoms. The molecule has 0 saturated carbocycles. The summed E-state index contributed by atoms with van der Waals surface area (Å²) in [4.78, 5) is 4.27. The summed E-state index contributed by atoms with van der Waals surface area (Å²) in [6.07, 6.45) is 1.76. The Balaban J connectivity index is 2.05. The number of ether oxygens (including phenoxy) is 1. The lowest BCUT2D eigenvalue weighted by Crippen LogP contribution is -1.86. The van der Waals surface area contributed by atoms with Crippen molar-refractivity contribution in [1.29, 1.82) is 0 Å². The molecule has 0 bridgehead atoms. The van der Waals surface area contributed by atoms with E-state index in [0.717, 1.165) is 16.7 Å². The van der Waals surface area contributed by atoms with Crippen LogP contribution in [0.3, 0.4) is 0 Å². The molecular weight excluding hydrogens is 302 g/mol. The normalized spacial score (nSPS) is 10.6. The molecule has 0 saturated heterocycles. The van der Waals surface area contributed by atoms with E-state index in [9.17, 15) is 0 Å². The number of pyridine rings is 1. The molecule has 0 amide bonds. The maximum Gasteiger partial charge on any atom is 0.300 e. The molecule has 0 aliphatic carbocycles. The molecule has 6 heteroatoms. The number of hydrogen-bond acceptors (Lipinski definition) is 5. The number of halogens is 1. The van der Waals surface area contributed by atoms with E-state index in [1.165, 1.54) is 11.3 Å². The average Bonchev–Trinajstić information content (AvgIpc) is 2.75. The van der Waals surface area contributed by atoms with Crippen molar-refractivity contribution >= 4 is 38.2 Å². The first kappa shape index (κ1) is 10.6. The van der Waals surface area contributed by atoms with Gasteiger partial charge < -0.3 is 4.74 Å². The molecule has 0 aliphatic heterocycles. The molecule has 2 heterocycles. The van der Waals surface area contributed by atoms with Gasteiger partial charge in [0, 0.05) is 11.6 Å². The van der Waals surface area contributed by atoms with E-state index < -0.39 is 0 Å². The molecule has 0 N–H and O–H groups in total. The third-order valence-corrected chi connectivity index (χ3v) is 3.42. The standard InChI is InChI=1S/C11H6BrN3OS/c12-10-14-15-11(17-10)16-9-5-1-4-8-7(9)3-2-6-13-8/h1-6H. The minimum Gasteiger partial charge on any atom is -0.429 e. The maximum atomic E-state index is 5.69. The first-order valence-corrected chi connectivity index (χ1v) is 6.44. The van der Waals surface area contributed by atoms with E-state index in [1.807, 2.05) is 30.3 Å². The molecule has 0 fully saturated rings. The highest BCUT2D eigenvalue weighted by molar-refractivity contribution is 9.11. The van der Waals surface area contributed by atoms with Crippen LogP contribution < -0.4 is 4.74 Å². The number of aromatic nitrogens is 3. The van der Waals surface area contributed by atoms with Crippen molar-refractivity contribution in [2.24, 2.45) is 0 Å². The molecule has 0 atom stereocenters. The van der Waals surface area contributed by atoms with Crippen molar-refractivity contribution < 1.29 is 4.74 Å². The molecule has 0 aliphatic rings. The number of nitrogens with zero attached hydrogens (tertiary/aromatic N) is 3. The summed E-state index contributed by atoms with van der Waals surface area (Å²) < 4.78 is 6.39. The quantitative estimate of drug-likeness (QED) is 0.725. The minimum absolute atomic E-state index is 0.508. The van der Waals surface area contributed by atoms with Crippen LogP contribution in [0.4, 0.5) is 0 Å². The van der Waals surface area contributed by atoms with Crippen LogP contribution in [-0.4, -0.2) is 15.2 Å². The summed E-state index contributed by atoms with van der Waals surface area (Å²) >= 11 is 4.59. The molecule has 3 rings (SSSR count). The van der Waals surface area contributed by atoms with Crippen LogP contribution in [0.5, 0.6) is 10.9 Å². The van der Waals surface area contributed by atoms with Gasteiger partial charge in [-0.1, -0.05) is 11.2 Å². The minimum atomic E-state index is 0.508. The van der Waals surface area contributed by atoms with E-state index >= 15 is 0 Å². The van der Waals surface area contributed by atoms with Gasteiger partial charge >= 0.3 is 0 Å². The lowest BCUT2D eigenvalue weighted by Gasteiger charge is -2.04. The van der Waals surface area contributed by atoms with Gasteiger partial charge in [0.15, 0.2) is 3.92 Å².